The van der Waals surface area contributed by atoms with E-state index in [1.165, 1.54) is 6.26 Å². The Morgan fingerprint density at radius 1 is 1.14 bits per heavy atom. The van der Waals surface area contributed by atoms with Crippen molar-refractivity contribution < 1.29 is 13.2 Å². The molecule has 0 radical (unpaired) electrons. The van der Waals surface area contributed by atoms with E-state index in [4.69, 9.17) is 0 Å². The standard InChI is InChI=1S/C14H27N3O3S/c1-12-10-15(8-9-21(3,19)20)11-14(12)17-6-4-16(5-7-17)13(2)18/h12,14H,4-11H2,1-3H3/t12-,14+/m0/s1. The van der Waals surface area contributed by atoms with E-state index < -0.39 is 9.84 Å². The van der Waals surface area contributed by atoms with Crippen LogP contribution in [0, 0.1) is 5.92 Å². The molecule has 2 aliphatic rings. The Morgan fingerprint density at radius 2 is 1.76 bits per heavy atom. The Bertz CT molecular complexity index is 472. The van der Waals surface area contributed by atoms with Crippen LogP contribution in [0.4, 0.5) is 0 Å². The van der Waals surface area contributed by atoms with Crippen LogP contribution in [0.1, 0.15) is 13.8 Å². The Balaban J connectivity index is 1.83. The van der Waals surface area contributed by atoms with E-state index in [0.29, 0.717) is 18.5 Å². The fraction of sp³-hybridized carbons (Fsp3) is 0.929. The third kappa shape index (κ3) is 4.66. The lowest BCUT2D eigenvalue weighted by Gasteiger charge is -2.39. The first-order valence-corrected chi connectivity index (χ1v) is 9.72. The number of amides is 1. The molecule has 7 heteroatoms. The van der Waals surface area contributed by atoms with Crippen LogP contribution >= 0.6 is 0 Å². The zero-order valence-corrected chi connectivity index (χ0v) is 14.1. The molecule has 0 unspecified atom stereocenters. The first-order chi connectivity index (χ1) is 9.76. The maximum atomic E-state index is 11.4. The highest BCUT2D eigenvalue weighted by molar-refractivity contribution is 7.90. The molecule has 0 bridgehead atoms. The van der Waals surface area contributed by atoms with Crippen LogP contribution in [-0.2, 0) is 14.6 Å². The maximum absolute atomic E-state index is 11.4. The van der Waals surface area contributed by atoms with Gasteiger partial charge in [0.2, 0.25) is 5.91 Å². The van der Waals surface area contributed by atoms with Gasteiger partial charge in [-0.3, -0.25) is 9.69 Å². The van der Waals surface area contributed by atoms with Crippen molar-refractivity contribution in [3.63, 3.8) is 0 Å². The van der Waals surface area contributed by atoms with Gasteiger partial charge in [-0.05, 0) is 5.92 Å². The highest BCUT2D eigenvalue weighted by atomic mass is 32.2. The first kappa shape index (κ1) is 16.7. The minimum atomic E-state index is -2.89. The Morgan fingerprint density at radius 3 is 2.29 bits per heavy atom. The predicted molar refractivity (Wildman–Crippen MR) is 82.9 cm³/mol. The summed E-state index contributed by atoms with van der Waals surface area (Å²) in [4.78, 5) is 18.0. The number of carbonyl (C=O) groups is 1. The Hall–Kier alpha value is -0.660. The molecule has 21 heavy (non-hydrogen) atoms. The van der Waals surface area contributed by atoms with E-state index in [1.54, 1.807) is 6.92 Å². The number of carbonyl (C=O) groups excluding carboxylic acids is 1. The molecule has 2 fully saturated rings. The molecule has 0 aromatic carbocycles. The topological polar surface area (TPSA) is 60.9 Å². The summed E-state index contributed by atoms with van der Waals surface area (Å²) in [5.74, 6) is 0.946. The minimum Gasteiger partial charge on any atom is -0.340 e. The van der Waals surface area contributed by atoms with Gasteiger partial charge in [0.1, 0.15) is 9.84 Å². The van der Waals surface area contributed by atoms with Crippen molar-refractivity contribution in [3.05, 3.63) is 0 Å². The highest BCUT2D eigenvalue weighted by Crippen LogP contribution is 2.22. The Kier molecular flexibility index (Phi) is 5.27. The molecule has 0 spiro atoms. The summed E-state index contributed by atoms with van der Waals surface area (Å²) in [7, 11) is -2.89. The van der Waals surface area contributed by atoms with Crippen LogP contribution in [0.25, 0.3) is 0 Å². The lowest BCUT2D eigenvalue weighted by Crippen LogP contribution is -2.53. The van der Waals surface area contributed by atoms with Gasteiger partial charge in [0.25, 0.3) is 0 Å². The molecule has 0 aromatic heterocycles. The van der Waals surface area contributed by atoms with Crippen molar-refractivity contribution in [2.24, 2.45) is 5.92 Å². The summed E-state index contributed by atoms with van der Waals surface area (Å²) < 4.78 is 22.6. The normalized spacial score (nSPS) is 29.0. The van der Waals surface area contributed by atoms with Crippen molar-refractivity contribution >= 4 is 15.7 Å². The van der Waals surface area contributed by atoms with Crippen LogP contribution in [0.2, 0.25) is 0 Å². The largest absolute Gasteiger partial charge is 0.340 e. The SMILES string of the molecule is CC(=O)N1CCN([C@@H]2CN(CCS(C)(=O)=O)C[C@@H]2C)CC1. The second-order valence-corrected chi connectivity index (χ2v) is 8.74. The summed E-state index contributed by atoms with van der Waals surface area (Å²) in [5, 5.41) is 0. The molecule has 0 N–H and O–H groups in total. The molecule has 1 amide bonds. The maximum Gasteiger partial charge on any atom is 0.219 e. The number of nitrogens with zero attached hydrogens (tertiary/aromatic N) is 3. The summed E-state index contributed by atoms with van der Waals surface area (Å²) in [6, 6.07) is 0.485. The fourth-order valence-electron chi connectivity index (χ4n) is 3.37. The molecular formula is C14H27N3O3S. The lowest BCUT2D eigenvalue weighted by atomic mass is 10.0. The second kappa shape index (κ2) is 6.62. The van der Waals surface area contributed by atoms with Gasteiger partial charge in [-0.1, -0.05) is 6.92 Å². The summed E-state index contributed by atoms with van der Waals surface area (Å²) in [5.41, 5.74) is 0. The van der Waals surface area contributed by atoms with E-state index in [9.17, 15) is 13.2 Å². The fourth-order valence-corrected chi connectivity index (χ4v) is 3.96. The number of sulfone groups is 1. The summed E-state index contributed by atoms with van der Waals surface area (Å²) >= 11 is 0. The number of hydrogen-bond acceptors (Lipinski definition) is 5. The van der Waals surface area contributed by atoms with Crippen LogP contribution in [0.5, 0.6) is 0 Å². The third-order valence-electron chi connectivity index (χ3n) is 4.66. The predicted octanol–water partition coefficient (Wildman–Crippen LogP) is -0.485. The van der Waals surface area contributed by atoms with Gasteiger partial charge in [-0.2, -0.15) is 0 Å². The van der Waals surface area contributed by atoms with Gasteiger partial charge in [-0.25, -0.2) is 8.42 Å². The van der Waals surface area contributed by atoms with Gasteiger partial charge < -0.3 is 9.80 Å². The third-order valence-corrected chi connectivity index (χ3v) is 5.58. The van der Waals surface area contributed by atoms with Crippen molar-refractivity contribution in [1.82, 2.24) is 14.7 Å². The van der Waals surface area contributed by atoms with Gasteiger partial charge in [0.15, 0.2) is 0 Å². The van der Waals surface area contributed by atoms with E-state index in [2.05, 4.69) is 16.7 Å². The molecule has 6 nitrogen and oxygen atoms in total. The molecule has 2 atom stereocenters. The zero-order chi connectivity index (χ0) is 15.6. The lowest BCUT2D eigenvalue weighted by molar-refractivity contribution is -0.130. The van der Waals surface area contributed by atoms with E-state index in [0.717, 1.165) is 39.3 Å². The van der Waals surface area contributed by atoms with E-state index in [-0.39, 0.29) is 11.7 Å². The molecule has 2 rings (SSSR count). The van der Waals surface area contributed by atoms with Crippen LogP contribution in [-0.4, -0.2) is 92.9 Å². The zero-order valence-electron chi connectivity index (χ0n) is 13.3. The molecule has 122 valence electrons. The molecule has 0 aliphatic carbocycles. The average Bonchev–Trinajstić information content (AvgIpc) is 2.77. The number of piperazine rings is 1. The van der Waals surface area contributed by atoms with Crippen LogP contribution < -0.4 is 0 Å². The number of rotatable bonds is 4. The highest BCUT2D eigenvalue weighted by Gasteiger charge is 2.35. The molecular weight excluding hydrogens is 290 g/mol. The monoisotopic (exact) mass is 317 g/mol. The van der Waals surface area contributed by atoms with Gasteiger partial charge >= 0.3 is 0 Å². The first-order valence-electron chi connectivity index (χ1n) is 7.66. The van der Waals surface area contributed by atoms with Crippen molar-refractivity contribution in [1.29, 1.82) is 0 Å². The minimum absolute atomic E-state index is 0.156. The number of hydrogen-bond donors (Lipinski definition) is 0. The van der Waals surface area contributed by atoms with Crippen LogP contribution in [0.15, 0.2) is 0 Å². The van der Waals surface area contributed by atoms with E-state index >= 15 is 0 Å². The summed E-state index contributed by atoms with van der Waals surface area (Å²) in [6.07, 6.45) is 1.30. The van der Waals surface area contributed by atoms with E-state index in [1.807, 2.05) is 4.90 Å². The summed E-state index contributed by atoms with van der Waals surface area (Å²) in [6.45, 7) is 9.87. The van der Waals surface area contributed by atoms with Crippen LogP contribution in [0.3, 0.4) is 0 Å². The second-order valence-electron chi connectivity index (χ2n) is 6.48. The van der Waals surface area contributed by atoms with Crippen molar-refractivity contribution in [3.8, 4) is 0 Å². The molecule has 0 aromatic rings. The molecule has 2 saturated heterocycles. The van der Waals surface area contributed by atoms with Crippen molar-refractivity contribution in [2.45, 2.75) is 19.9 Å². The van der Waals surface area contributed by atoms with Crippen molar-refractivity contribution in [2.75, 3.05) is 57.8 Å². The van der Waals surface area contributed by atoms with Gasteiger partial charge in [0.05, 0.1) is 5.75 Å². The average molecular weight is 317 g/mol. The molecule has 2 aliphatic heterocycles. The smallest absolute Gasteiger partial charge is 0.219 e. The molecule has 0 saturated carbocycles. The van der Waals surface area contributed by atoms with Gasteiger partial charge in [0, 0.05) is 65.0 Å². The quantitative estimate of drug-likeness (QED) is 0.701. The Labute approximate surface area is 128 Å². The molecule has 2 heterocycles. The van der Waals surface area contributed by atoms with Gasteiger partial charge in [-0.15, -0.1) is 0 Å². The number of likely N-dealkylation sites (tertiary alicyclic amines) is 1.